The average molecular weight is 284 g/mol. The van der Waals surface area contributed by atoms with Crippen LogP contribution in [-0.4, -0.2) is 29.2 Å². The second kappa shape index (κ2) is 6.88. The molecule has 0 amide bonds. The van der Waals surface area contributed by atoms with Crippen LogP contribution in [0.4, 0.5) is 0 Å². The lowest BCUT2D eigenvalue weighted by Gasteiger charge is -2.07. The van der Waals surface area contributed by atoms with Crippen molar-refractivity contribution in [3.63, 3.8) is 0 Å². The van der Waals surface area contributed by atoms with Gasteiger partial charge in [-0.2, -0.15) is 0 Å². The first kappa shape index (κ1) is 15.9. The fourth-order valence-corrected chi connectivity index (χ4v) is 1.37. The summed E-state index contributed by atoms with van der Waals surface area (Å²) in [6.07, 6.45) is 0.797. The van der Waals surface area contributed by atoms with Crippen LogP contribution in [0.1, 0.15) is 46.0 Å². The predicted octanol–water partition coefficient (Wildman–Crippen LogP) is 1.28. The van der Waals surface area contributed by atoms with Crippen LogP contribution in [-0.2, 0) is 29.0 Å². The smallest absolute Gasteiger partial charge is 0.300 e. The van der Waals surface area contributed by atoms with E-state index < -0.39 is 17.6 Å². The summed E-state index contributed by atoms with van der Waals surface area (Å²) in [5.41, 5.74) is -1.40. The van der Waals surface area contributed by atoms with Crippen LogP contribution in [0.5, 0.6) is 0 Å². The van der Waals surface area contributed by atoms with Crippen LogP contribution >= 0.6 is 0 Å². The molecule has 20 heavy (non-hydrogen) atoms. The number of rotatable bonds is 8. The van der Waals surface area contributed by atoms with Crippen molar-refractivity contribution in [1.82, 2.24) is 0 Å². The van der Waals surface area contributed by atoms with E-state index in [-0.39, 0.29) is 37.2 Å². The fraction of sp³-hybridized carbons (Fsp3) is 0.667. The lowest BCUT2D eigenvalue weighted by molar-refractivity contribution is -0.261. The molecule has 0 bridgehead atoms. The molecule has 8 heteroatoms. The van der Waals surface area contributed by atoms with Gasteiger partial charge in [0.05, 0.1) is 6.42 Å². The van der Waals surface area contributed by atoms with Crippen molar-refractivity contribution in [2.45, 2.75) is 51.6 Å². The third-order valence-corrected chi connectivity index (χ3v) is 2.61. The molecule has 110 valence electrons. The molecule has 1 heterocycles. The molecular formula is C12H16N2O6. The molecule has 0 saturated carbocycles. The Kier molecular flexibility index (Phi) is 5.48. The van der Waals surface area contributed by atoms with Crippen molar-refractivity contribution in [3.05, 3.63) is 0 Å². The topological polar surface area (TPSA) is 111 Å². The largest absolute Gasteiger partial charge is 0.408 e. The molecule has 0 spiro atoms. The molecule has 0 radical (unpaired) electrons. The summed E-state index contributed by atoms with van der Waals surface area (Å²) in [7, 11) is 0. The van der Waals surface area contributed by atoms with Gasteiger partial charge in [0.1, 0.15) is 11.6 Å². The Hall–Kier alpha value is -2.12. The highest BCUT2D eigenvalue weighted by atomic mass is 17.2. The van der Waals surface area contributed by atoms with E-state index in [1.165, 1.54) is 13.8 Å². The highest BCUT2D eigenvalue weighted by molar-refractivity contribution is 5.84. The summed E-state index contributed by atoms with van der Waals surface area (Å²) in [6.45, 7) is 2.80. The molecular weight excluding hydrogens is 268 g/mol. The molecule has 1 aliphatic rings. The monoisotopic (exact) mass is 284 g/mol. The number of carbonyl (C=O) groups is 4. The van der Waals surface area contributed by atoms with E-state index in [4.69, 9.17) is 0 Å². The molecule has 1 rings (SSSR count). The van der Waals surface area contributed by atoms with Gasteiger partial charge in [-0.05, 0) is 20.3 Å². The van der Waals surface area contributed by atoms with Crippen molar-refractivity contribution in [2.24, 2.45) is 10.2 Å². The van der Waals surface area contributed by atoms with Crippen molar-refractivity contribution in [3.8, 4) is 0 Å². The summed E-state index contributed by atoms with van der Waals surface area (Å²) >= 11 is 0. The Morgan fingerprint density at radius 3 is 2.00 bits per heavy atom. The molecule has 0 unspecified atom stereocenters. The van der Waals surface area contributed by atoms with Crippen LogP contribution in [0, 0.1) is 0 Å². The SMILES string of the molecule is CC(=O)CCCC(=O)OOC(=O)C1(CCC(C)=O)N=N1. The Bertz CT molecular complexity index is 451. The molecule has 0 aromatic rings. The van der Waals surface area contributed by atoms with Crippen LogP contribution in [0.15, 0.2) is 10.2 Å². The van der Waals surface area contributed by atoms with Gasteiger partial charge in [0.2, 0.25) is 0 Å². The first-order valence-corrected chi connectivity index (χ1v) is 6.20. The van der Waals surface area contributed by atoms with E-state index in [1.54, 1.807) is 0 Å². The zero-order valence-corrected chi connectivity index (χ0v) is 11.4. The molecule has 0 fully saturated rings. The number of hydrogen-bond donors (Lipinski definition) is 0. The fourth-order valence-electron chi connectivity index (χ4n) is 1.37. The van der Waals surface area contributed by atoms with E-state index in [9.17, 15) is 19.2 Å². The van der Waals surface area contributed by atoms with Crippen LogP contribution in [0.25, 0.3) is 0 Å². The van der Waals surface area contributed by atoms with E-state index in [0.29, 0.717) is 6.42 Å². The Labute approximate surface area is 115 Å². The lowest BCUT2D eigenvalue weighted by Crippen LogP contribution is -2.28. The van der Waals surface area contributed by atoms with Gasteiger partial charge < -0.3 is 9.59 Å². The Morgan fingerprint density at radius 1 is 0.900 bits per heavy atom. The maximum atomic E-state index is 11.6. The van der Waals surface area contributed by atoms with Crippen LogP contribution < -0.4 is 0 Å². The number of ketones is 2. The standard InChI is InChI=1S/C12H16N2O6/c1-8(15)4-3-5-10(17)19-20-11(18)12(13-14-12)7-6-9(2)16/h3-7H2,1-2H3. The second-order valence-corrected chi connectivity index (χ2v) is 4.60. The first-order chi connectivity index (χ1) is 9.35. The molecule has 0 atom stereocenters. The van der Waals surface area contributed by atoms with Crippen molar-refractivity contribution in [2.75, 3.05) is 0 Å². The Morgan fingerprint density at radius 2 is 1.50 bits per heavy atom. The van der Waals surface area contributed by atoms with E-state index in [1.807, 2.05) is 0 Å². The quantitative estimate of drug-likeness (QED) is 0.490. The minimum Gasteiger partial charge on any atom is -0.300 e. The van der Waals surface area contributed by atoms with E-state index >= 15 is 0 Å². The van der Waals surface area contributed by atoms with E-state index in [0.717, 1.165) is 0 Å². The number of nitrogens with zero attached hydrogens (tertiary/aromatic N) is 2. The highest BCUT2D eigenvalue weighted by Crippen LogP contribution is 2.34. The number of carbonyl (C=O) groups excluding carboxylic acids is 4. The van der Waals surface area contributed by atoms with Crippen molar-refractivity contribution in [1.29, 1.82) is 0 Å². The molecule has 0 aliphatic carbocycles. The third-order valence-electron chi connectivity index (χ3n) is 2.61. The van der Waals surface area contributed by atoms with Gasteiger partial charge in [-0.25, -0.2) is 19.4 Å². The normalized spacial score (nSPS) is 14.5. The van der Waals surface area contributed by atoms with Gasteiger partial charge in [0.25, 0.3) is 5.66 Å². The third kappa shape index (κ3) is 5.25. The first-order valence-electron chi connectivity index (χ1n) is 6.20. The van der Waals surface area contributed by atoms with Gasteiger partial charge in [-0.1, -0.05) is 0 Å². The van der Waals surface area contributed by atoms with Gasteiger partial charge in [0.15, 0.2) is 0 Å². The van der Waals surface area contributed by atoms with Crippen LogP contribution in [0.3, 0.4) is 0 Å². The van der Waals surface area contributed by atoms with E-state index in [2.05, 4.69) is 20.0 Å². The van der Waals surface area contributed by atoms with Gasteiger partial charge in [-0.3, -0.25) is 0 Å². The van der Waals surface area contributed by atoms with Crippen LogP contribution in [0.2, 0.25) is 0 Å². The Balaban J connectivity index is 2.24. The summed E-state index contributed by atoms with van der Waals surface area (Å²) in [5, 5.41) is 7.06. The molecule has 0 N–H and O–H groups in total. The zero-order chi connectivity index (χ0) is 15.2. The zero-order valence-electron chi connectivity index (χ0n) is 11.4. The summed E-state index contributed by atoms with van der Waals surface area (Å²) in [4.78, 5) is 53.0. The average Bonchev–Trinajstić information content (AvgIpc) is 3.14. The highest BCUT2D eigenvalue weighted by Gasteiger charge is 2.51. The van der Waals surface area contributed by atoms with Gasteiger partial charge >= 0.3 is 11.9 Å². The lowest BCUT2D eigenvalue weighted by atomic mass is 10.1. The summed E-state index contributed by atoms with van der Waals surface area (Å²) in [5.74, 6) is -1.80. The molecule has 0 saturated heterocycles. The number of Topliss-reactive ketones (excluding diaryl/α,β-unsaturated/α-hetero) is 2. The predicted molar refractivity (Wildman–Crippen MR) is 64.2 cm³/mol. The molecule has 8 nitrogen and oxygen atoms in total. The van der Waals surface area contributed by atoms with Crippen molar-refractivity contribution < 1.29 is 29.0 Å². The molecule has 1 aliphatic heterocycles. The minimum absolute atomic E-state index is 0.0262. The number of hydrogen-bond acceptors (Lipinski definition) is 8. The summed E-state index contributed by atoms with van der Waals surface area (Å²) in [6, 6.07) is 0. The molecule has 0 aromatic carbocycles. The molecule has 0 aromatic heterocycles. The maximum absolute atomic E-state index is 11.6. The van der Waals surface area contributed by atoms with Gasteiger partial charge in [0, 0.05) is 19.3 Å². The minimum atomic E-state index is -1.40. The maximum Gasteiger partial charge on any atom is 0.408 e. The van der Waals surface area contributed by atoms with Crippen molar-refractivity contribution >= 4 is 23.5 Å². The van der Waals surface area contributed by atoms with Gasteiger partial charge in [-0.15, -0.1) is 10.2 Å². The second-order valence-electron chi connectivity index (χ2n) is 4.60. The summed E-state index contributed by atoms with van der Waals surface area (Å²) < 4.78 is 0.